The van der Waals surface area contributed by atoms with E-state index in [-0.39, 0.29) is 17.2 Å². The number of alkyl halides is 3. The Hall–Kier alpha value is -3.57. The first kappa shape index (κ1) is 21.7. The van der Waals surface area contributed by atoms with E-state index in [1.807, 2.05) is 0 Å². The minimum atomic E-state index is -4.60. The lowest BCUT2D eigenvalue weighted by atomic mass is 9.96. The van der Waals surface area contributed by atoms with Crippen LogP contribution in [0.4, 0.5) is 23.5 Å². The molecular weight excluding hydrogens is 430 g/mol. The molecule has 1 unspecified atom stereocenters. The quantitative estimate of drug-likeness (QED) is 0.615. The molecule has 0 radical (unpaired) electrons. The smallest absolute Gasteiger partial charge is 0.349 e. The first-order valence-electron chi connectivity index (χ1n) is 9.88. The van der Waals surface area contributed by atoms with Crippen LogP contribution in [0, 0.1) is 5.82 Å². The highest BCUT2D eigenvalue weighted by Crippen LogP contribution is 2.29. The second-order valence-electron chi connectivity index (χ2n) is 7.35. The van der Waals surface area contributed by atoms with E-state index in [0.717, 1.165) is 17.1 Å². The first-order chi connectivity index (χ1) is 15.3. The van der Waals surface area contributed by atoms with E-state index in [9.17, 15) is 22.4 Å². The third-order valence-electron chi connectivity index (χ3n) is 5.35. The molecule has 32 heavy (non-hydrogen) atoms. The van der Waals surface area contributed by atoms with Crippen molar-refractivity contribution in [3.05, 3.63) is 59.9 Å². The van der Waals surface area contributed by atoms with Gasteiger partial charge in [-0.1, -0.05) is 6.07 Å². The molecule has 3 aromatic rings. The Morgan fingerprint density at radius 1 is 1.16 bits per heavy atom. The van der Waals surface area contributed by atoms with Gasteiger partial charge in [0.25, 0.3) is 5.91 Å². The number of carbonyl (C=O) groups is 1. The average molecular weight is 449 g/mol. The molecule has 1 amide bonds. The summed E-state index contributed by atoms with van der Waals surface area (Å²) < 4.78 is 53.6. The van der Waals surface area contributed by atoms with Crippen molar-refractivity contribution < 1.29 is 22.4 Å². The van der Waals surface area contributed by atoms with Crippen molar-refractivity contribution in [1.29, 1.82) is 0 Å². The fraction of sp³-hybridized carbons (Fsp3) is 0.350. The van der Waals surface area contributed by atoms with Gasteiger partial charge < -0.3 is 10.2 Å². The van der Waals surface area contributed by atoms with Crippen LogP contribution < -0.4 is 5.32 Å². The summed E-state index contributed by atoms with van der Waals surface area (Å²) in [6.07, 6.45) is 0.403. The highest BCUT2D eigenvalue weighted by molar-refractivity contribution is 5.98. The Balaban J connectivity index is 1.58. The molecule has 4 rings (SSSR count). The zero-order valence-electron chi connectivity index (χ0n) is 16.9. The van der Waals surface area contributed by atoms with Gasteiger partial charge in [-0.25, -0.2) is 14.4 Å². The van der Waals surface area contributed by atoms with Crippen molar-refractivity contribution in [2.75, 3.05) is 11.9 Å². The molecule has 1 aliphatic heterocycles. The standard InChI is InChI=1S/C20H19F4N7O/c1-12-14(28-19-25-8-7-16(29-19)20(22,23)24)5-3-11-30(12)18(32)17-13(21)4-2-6-15(17)31-26-9-10-27-31/h2,4,6-10,12,14H,3,5,11H2,1H3,(H,25,28,29)/t12-,14?/m0/s1. The predicted molar refractivity (Wildman–Crippen MR) is 105 cm³/mol. The molecule has 0 spiro atoms. The van der Waals surface area contributed by atoms with Crippen molar-refractivity contribution in [2.45, 2.75) is 38.0 Å². The van der Waals surface area contributed by atoms with Crippen LogP contribution in [0.3, 0.4) is 0 Å². The van der Waals surface area contributed by atoms with Crippen LogP contribution in [0.5, 0.6) is 0 Å². The predicted octanol–water partition coefficient (Wildman–Crippen LogP) is 3.32. The highest BCUT2D eigenvalue weighted by Gasteiger charge is 2.36. The maximum absolute atomic E-state index is 14.7. The molecule has 8 nitrogen and oxygen atoms in total. The topological polar surface area (TPSA) is 88.8 Å². The summed E-state index contributed by atoms with van der Waals surface area (Å²) in [5.74, 6) is -1.45. The van der Waals surface area contributed by atoms with Gasteiger partial charge >= 0.3 is 6.18 Å². The van der Waals surface area contributed by atoms with Gasteiger partial charge in [-0.05, 0) is 38.0 Å². The van der Waals surface area contributed by atoms with Gasteiger partial charge in [0.05, 0.1) is 12.4 Å². The van der Waals surface area contributed by atoms with Crippen LogP contribution in [0.2, 0.25) is 0 Å². The van der Waals surface area contributed by atoms with Crippen LogP contribution in [0.1, 0.15) is 35.8 Å². The lowest BCUT2D eigenvalue weighted by molar-refractivity contribution is -0.141. The summed E-state index contributed by atoms with van der Waals surface area (Å²) in [6.45, 7) is 2.11. The summed E-state index contributed by atoms with van der Waals surface area (Å²) in [7, 11) is 0. The highest BCUT2D eigenvalue weighted by atomic mass is 19.4. The van der Waals surface area contributed by atoms with Crippen molar-refractivity contribution in [2.24, 2.45) is 0 Å². The fourth-order valence-electron chi connectivity index (χ4n) is 3.75. The lowest BCUT2D eigenvalue weighted by Gasteiger charge is -2.40. The van der Waals surface area contributed by atoms with Crippen molar-refractivity contribution in [3.8, 4) is 5.69 Å². The second kappa shape index (κ2) is 8.52. The summed E-state index contributed by atoms with van der Waals surface area (Å²) in [4.78, 5) is 23.4. The molecule has 0 aliphatic carbocycles. The summed E-state index contributed by atoms with van der Waals surface area (Å²) in [6, 6.07) is 4.08. The van der Waals surface area contributed by atoms with E-state index in [1.165, 1.54) is 35.5 Å². The van der Waals surface area contributed by atoms with E-state index in [2.05, 4.69) is 25.5 Å². The minimum absolute atomic E-state index is 0.175. The van der Waals surface area contributed by atoms with Gasteiger partial charge in [-0.15, -0.1) is 0 Å². The van der Waals surface area contributed by atoms with Gasteiger partial charge in [0.1, 0.15) is 22.8 Å². The van der Waals surface area contributed by atoms with Gasteiger partial charge in [-0.3, -0.25) is 4.79 Å². The number of rotatable bonds is 4. The van der Waals surface area contributed by atoms with Gasteiger partial charge in [-0.2, -0.15) is 28.2 Å². The fourth-order valence-corrected chi connectivity index (χ4v) is 3.75. The molecule has 1 aromatic carbocycles. The number of piperidine rings is 1. The Bertz CT molecular complexity index is 1100. The Labute approximate surface area is 180 Å². The third kappa shape index (κ3) is 4.25. The van der Waals surface area contributed by atoms with E-state index in [4.69, 9.17) is 0 Å². The molecule has 0 bridgehead atoms. The van der Waals surface area contributed by atoms with E-state index in [0.29, 0.717) is 19.4 Å². The number of hydrogen-bond donors (Lipinski definition) is 1. The minimum Gasteiger partial charge on any atom is -0.349 e. The molecule has 0 saturated carbocycles. The number of likely N-dealkylation sites (tertiary alicyclic amines) is 1. The Morgan fingerprint density at radius 2 is 1.91 bits per heavy atom. The number of amides is 1. The molecule has 2 atom stereocenters. The van der Waals surface area contributed by atoms with Crippen molar-refractivity contribution in [1.82, 2.24) is 29.9 Å². The van der Waals surface area contributed by atoms with E-state index in [1.54, 1.807) is 6.92 Å². The van der Waals surface area contributed by atoms with Crippen LogP contribution in [0.25, 0.3) is 5.69 Å². The van der Waals surface area contributed by atoms with Crippen LogP contribution in [-0.4, -0.2) is 54.4 Å². The van der Waals surface area contributed by atoms with Crippen LogP contribution in [0.15, 0.2) is 42.9 Å². The number of anilines is 1. The van der Waals surface area contributed by atoms with E-state index >= 15 is 0 Å². The number of hydrogen-bond acceptors (Lipinski definition) is 6. The summed E-state index contributed by atoms with van der Waals surface area (Å²) in [5.41, 5.74) is -1.04. The first-order valence-corrected chi connectivity index (χ1v) is 9.88. The third-order valence-corrected chi connectivity index (χ3v) is 5.35. The van der Waals surface area contributed by atoms with Crippen molar-refractivity contribution >= 4 is 11.9 Å². The normalized spacial score (nSPS) is 19.1. The number of nitrogens with one attached hydrogen (secondary N) is 1. The molecule has 1 saturated heterocycles. The maximum atomic E-state index is 14.7. The second-order valence-corrected chi connectivity index (χ2v) is 7.35. The number of nitrogens with zero attached hydrogens (tertiary/aromatic N) is 6. The summed E-state index contributed by atoms with van der Waals surface area (Å²) >= 11 is 0. The maximum Gasteiger partial charge on any atom is 0.433 e. The van der Waals surface area contributed by atoms with Crippen LogP contribution in [-0.2, 0) is 6.18 Å². The van der Waals surface area contributed by atoms with Gasteiger partial charge in [0.2, 0.25) is 5.95 Å². The Morgan fingerprint density at radius 3 is 2.62 bits per heavy atom. The summed E-state index contributed by atoms with van der Waals surface area (Å²) in [5, 5.41) is 10.9. The molecule has 12 heteroatoms. The molecule has 1 fully saturated rings. The lowest BCUT2D eigenvalue weighted by Crippen LogP contribution is -2.52. The van der Waals surface area contributed by atoms with E-state index < -0.39 is 35.7 Å². The molecular formula is C20H19F4N7O. The largest absolute Gasteiger partial charge is 0.433 e. The molecule has 3 heterocycles. The monoisotopic (exact) mass is 449 g/mol. The molecule has 1 N–H and O–H groups in total. The zero-order valence-corrected chi connectivity index (χ0v) is 16.9. The molecule has 168 valence electrons. The number of aromatic nitrogens is 5. The molecule has 2 aromatic heterocycles. The van der Waals surface area contributed by atoms with Gasteiger partial charge in [0, 0.05) is 24.8 Å². The van der Waals surface area contributed by atoms with Crippen molar-refractivity contribution in [3.63, 3.8) is 0 Å². The number of benzene rings is 1. The zero-order chi connectivity index (χ0) is 22.9. The average Bonchev–Trinajstić information content (AvgIpc) is 3.29. The van der Waals surface area contributed by atoms with Crippen LogP contribution >= 0.6 is 0 Å². The Kier molecular flexibility index (Phi) is 5.76. The van der Waals surface area contributed by atoms with Gasteiger partial charge in [0.15, 0.2) is 0 Å². The molecule has 1 aliphatic rings. The number of carbonyl (C=O) groups excluding carboxylic acids is 1. The number of halogens is 4. The SMILES string of the molecule is C[C@H]1C(Nc2nccc(C(F)(F)F)n2)CCCN1C(=O)c1c(F)cccc1-n1nccn1.